The summed E-state index contributed by atoms with van der Waals surface area (Å²) in [5, 5.41) is 14.1. The highest BCUT2D eigenvalue weighted by Gasteiger charge is 2.21. The van der Waals surface area contributed by atoms with E-state index in [1.54, 1.807) is 20.8 Å². The molecule has 0 fully saturated rings. The second-order valence-corrected chi connectivity index (χ2v) is 5.91. The SMILES string of the molecule is CCCC(CC(=O)O)NC(=O)CCNC(=O)C(C)(C)C. The lowest BCUT2D eigenvalue weighted by molar-refractivity contribution is -0.137. The second-order valence-electron chi connectivity index (χ2n) is 5.91. The predicted octanol–water partition coefficient (Wildman–Crippen LogP) is 1.30. The van der Waals surface area contributed by atoms with E-state index in [0.29, 0.717) is 6.42 Å². The molecule has 6 nitrogen and oxygen atoms in total. The van der Waals surface area contributed by atoms with E-state index in [-0.39, 0.29) is 37.2 Å². The monoisotopic (exact) mass is 286 g/mol. The van der Waals surface area contributed by atoms with Crippen LogP contribution in [0.1, 0.15) is 53.4 Å². The Bertz CT molecular complexity index is 348. The van der Waals surface area contributed by atoms with Gasteiger partial charge in [-0.25, -0.2) is 0 Å². The van der Waals surface area contributed by atoms with Gasteiger partial charge in [0.1, 0.15) is 0 Å². The van der Waals surface area contributed by atoms with Gasteiger partial charge in [0.2, 0.25) is 11.8 Å². The van der Waals surface area contributed by atoms with Crippen LogP contribution in [0, 0.1) is 5.41 Å². The molecule has 0 bridgehead atoms. The molecule has 0 saturated heterocycles. The van der Waals surface area contributed by atoms with E-state index >= 15 is 0 Å². The Morgan fingerprint density at radius 1 is 1.20 bits per heavy atom. The van der Waals surface area contributed by atoms with E-state index in [9.17, 15) is 14.4 Å². The normalized spacial score (nSPS) is 12.6. The predicted molar refractivity (Wildman–Crippen MR) is 76.2 cm³/mol. The fourth-order valence-electron chi connectivity index (χ4n) is 1.64. The van der Waals surface area contributed by atoms with Crippen molar-refractivity contribution in [2.75, 3.05) is 6.54 Å². The molecular weight excluding hydrogens is 260 g/mol. The number of carboxylic acid groups (broad SMARTS) is 1. The van der Waals surface area contributed by atoms with Crippen LogP contribution in [-0.4, -0.2) is 35.5 Å². The Labute approximate surface area is 120 Å². The first-order valence-electron chi connectivity index (χ1n) is 6.96. The van der Waals surface area contributed by atoms with Crippen LogP contribution in [-0.2, 0) is 14.4 Å². The molecule has 0 aromatic rings. The molecule has 0 aromatic carbocycles. The molecule has 0 aliphatic heterocycles. The molecule has 0 spiro atoms. The van der Waals surface area contributed by atoms with Gasteiger partial charge >= 0.3 is 5.97 Å². The standard InChI is InChI=1S/C14H26N2O4/c1-5-6-10(9-12(18)19)16-11(17)7-8-15-13(20)14(2,3)4/h10H,5-9H2,1-4H3,(H,15,20)(H,16,17)(H,18,19). The first kappa shape index (κ1) is 18.4. The van der Waals surface area contributed by atoms with Gasteiger partial charge < -0.3 is 15.7 Å². The summed E-state index contributed by atoms with van der Waals surface area (Å²) in [5.74, 6) is -1.27. The maximum atomic E-state index is 11.7. The van der Waals surface area contributed by atoms with Crippen molar-refractivity contribution in [2.45, 2.75) is 59.4 Å². The minimum Gasteiger partial charge on any atom is -0.481 e. The molecule has 6 heteroatoms. The highest BCUT2D eigenvalue weighted by atomic mass is 16.4. The first-order chi connectivity index (χ1) is 9.16. The van der Waals surface area contributed by atoms with Crippen LogP contribution in [0.2, 0.25) is 0 Å². The van der Waals surface area contributed by atoms with Crippen LogP contribution in [0.3, 0.4) is 0 Å². The van der Waals surface area contributed by atoms with Crippen molar-refractivity contribution in [3.63, 3.8) is 0 Å². The Kier molecular flexibility index (Phi) is 7.87. The molecule has 0 aliphatic carbocycles. The summed E-state index contributed by atoms with van der Waals surface area (Å²) in [6, 6.07) is -0.344. The van der Waals surface area contributed by atoms with E-state index in [0.717, 1.165) is 6.42 Å². The molecule has 116 valence electrons. The van der Waals surface area contributed by atoms with Crippen molar-refractivity contribution < 1.29 is 19.5 Å². The Hall–Kier alpha value is -1.59. The maximum Gasteiger partial charge on any atom is 0.305 e. The molecule has 0 saturated carbocycles. The number of aliphatic carboxylic acids is 1. The first-order valence-corrected chi connectivity index (χ1v) is 6.96. The van der Waals surface area contributed by atoms with E-state index < -0.39 is 11.4 Å². The summed E-state index contributed by atoms with van der Waals surface area (Å²) in [6.45, 7) is 7.59. The molecule has 0 heterocycles. The van der Waals surface area contributed by atoms with Crippen molar-refractivity contribution in [2.24, 2.45) is 5.41 Å². The smallest absolute Gasteiger partial charge is 0.305 e. The number of amides is 2. The van der Waals surface area contributed by atoms with Crippen molar-refractivity contribution >= 4 is 17.8 Å². The molecule has 1 atom stereocenters. The molecule has 3 N–H and O–H groups in total. The second kappa shape index (κ2) is 8.55. The van der Waals surface area contributed by atoms with Crippen molar-refractivity contribution in [3.8, 4) is 0 Å². The zero-order chi connectivity index (χ0) is 15.8. The Morgan fingerprint density at radius 3 is 2.25 bits per heavy atom. The minimum atomic E-state index is -0.926. The van der Waals surface area contributed by atoms with Gasteiger partial charge in [0, 0.05) is 24.4 Å². The van der Waals surface area contributed by atoms with E-state index in [1.807, 2.05) is 6.92 Å². The van der Waals surface area contributed by atoms with Crippen LogP contribution in [0.4, 0.5) is 0 Å². The van der Waals surface area contributed by atoms with Crippen molar-refractivity contribution in [1.29, 1.82) is 0 Å². The number of rotatable bonds is 8. The number of carbonyl (C=O) groups excluding carboxylic acids is 2. The van der Waals surface area contributed by atoms with Gasteiger partial charge in [0.25, 0.3) is 0 Å². The van der Waals surface area contributed by atoms with E-state index in [2.05, 4.69) is 10.6 Å². The average Bonchev–Trinajstić information content (AvgIpc) is 2.26. The highest BCUT2D eigenvalue weighted by Crippen LogP contribution is 2.12. The van der Waals surface area contributed by atoms with Crippen LogP contribution in [0.25, 0.3) is 0 Å². The number of carboxylic acids is 1. The third-order valence-electron chi connectivity index (χ3n) is 2.74. The molecule has 0 rings (SSSR count). The highest BCUT2D eigenvalue weighted by molar-refractivity contribution is 5.82. The zero-order valence-electron chi connectivity index (χ0n) is 12.8. The molecule has 1 unspecified atom stereocenters. The Morgan fingerprint density at radius 2 is 1.80 bits per heavy atom. The number of carbonyl (C=O) groups is 3. The lowest BCUT2D eigenvalue weighted by atomic mass is 9.96. The largest absolute Gasteiger partial charge is 0.481 e. The van der Waals surface area contributed by atoms with Gasteiger partial charge in [-0.05, 0) is 6.42 Å². The maximum absolute atomic E-state index is 11.7. The average molecular weight is 286 g/mol. The number of hydrogen-bond donors (Lipinski definition) is 3. The van der Waals surface area contributed by atoms with E-state index in [1.165, 1.54) is 0 Å². The van der Waals surface area contributed by atoms with Gasteiger partial charge in [-0.15, -0.1) is 0 Å². The fraction of sp³-hybridized carbons (Fsp3) is 0.786. The van der Waals surface area contributed by atoms with Gasteiger partial charge in [-0.2, -0.15) is 0 Å². The van der Waals surface area contributed by atoms with E-state index in [4.69, 9.17) is 5.11 Å². The van der Waals surface area contributed by atoms with Crippen molar-refractivity contribution in [1.82, 2.24) is 10.6 Å². The van der Waals surface area contributed by atoms with Gasteiger partial charge in [0.15, 0.2) is 0 Å². The molecule has 0 aliphatic rings. The zero-order valence-corrected chi connectivity index (χ0v) is 12.8. The number of nitrogens with one attached hydrogen (secondary N) is 2. The summed E-state index contributed by atoms with van der Waals surface area (Å²) in [7, 11) is 0. The van der Waals surface area contributed by atoms with Gasteiger partial charge in [-0.3, -0.25) is 14.4 Å². The summed E-state index contributed by atoms with van der Waals surface area (Å²) < 4.78 is 0. The molecular formula is C14H26N2O4. The van der Waals surface area contributed by atoms with Crippen molar-refractivity contribution in [3.05, 3.63) is 0 Å². The summed E-state index contributed by atoms with van der Waals surface area (Å²) >= 11 is 0. The fourth-order valence-corrected chi connectivity index (χ4v) is 1.64. The third kappa shape index (κ3) is 8.50. The summed E-state index contributed by atoms with van der Waals surface area (Å²) in [5.41, 5.74) is -0.482. The van der Waals surface area contributed by atoms with Crippen LogP contribution in [0.5, 0.6) is 0 Å². The lowest BCUT2D eigenvalue weighted by Gasteiger charge is -2.18. The molecule has 0 radical (unpaired) electrons. The molecule has 20 heavy (non-hydrogen) atoms. The number of hydrogen-bond acceptors (Lipinski definition) is 3. The Balaban J connectivity index is 4.08. The summed E-state index contributed by atoms with van der Waals surface area (Å²) in [6.07, 6.45) is 1.51. The van der Waals surface area contributed by atoms with Crippen LogP contribution in [0.15, 0.2) is 0 Å². The van der Waals surface area contributed by atoms with Gasteiger partial charge in [-0.1, -0.05) is 34.1 Å². The minimum absolute atomic E-state index is 0.0755. The molecule has 0 aromatic heterocycles. The quantitative estimate of drug-likeness (QED) is 0.626. The lowest BCUT2D eigenvalue weighted by Crippen LogP contribution is -2.40. The van der Waals surface area contributed by atoms with Gasteiger partial charge in [0.05, 0.1) is 6.42 Å². The van der Waals surface area contributed by atoms with Crippen LogP contribution >= 0.6 is 0 Å². The molecule has 2 amide bonds. The topological polar surface area (TPSA) is 95.5 Å². The third-order valence-corrected chi connectivity index (χ3v) is 2.74. The van der Waals surface area contributed by atoms with Crippen LogP contribution < -0.4 is 10.6 Å². The summed E-state index contributed by atoms with van der Waals surface area (Å²) in [4.78, 5) is 34.0.